The molecule has 0 bridgehead atoms. The van der Waals surface area contributed by atoms with E-state index in [-0.39, 0.29) is 0 Å². The minimum absolute atomic E-state index is 0.410. The maximum atomic E-state index is 5.63. The number of methoxy groups -OCH3 is 1. The summed E-state index contributed by atoms with van der Waals surface area (Å²) in [5, 5.41) is 0. The number of rotatable bonds is 6. The Morgan fingerprint density at radius 1 is 1.59 bits per heavy atom. The minimum Gasteiger partial charge on any atom is -0.480 e. The topological polar surface area (TPSA) is 64.3 Å². The van der Waals surface area contributed by atoms with Crippen LogP contribution in [-0.4, -0.2) is 36.7 Å². The van der Waals surface area contributed by atoms with E-state index < -0.39 is 0 Å². The van der Waals surface area contributed by atoms with Crippen molar-refractivity contribution in [1.29, 1.82) is 0 Å². The number of anilines is 1. The van der Waals surface area contributed by atoms with E-state index in [1.54, 1.807) is 13.3 Å². The van der Waals surface area contributed by atoms with Crippen LogP contribution in [0.4, 0.5) is 5.95 Å². The monoisotopic (exact) mass is 302 g/mol. The van der Waals surface area contributed by atoms with Gasteiger partial charge in [-0.05, 0) is 35.3 Å². The molecule has 0 saturated carbocycles. The van der Waals surface area contributed by atoms with Crippen LogP contribution in [0, 0.1) is 5.92 Å². The highest BCUT2D eigenvalue weighted by atomic mass is 79.9. The summed E-state index contributed by atoms with van der Waals surface area (Å²) >= 11 is 3.34. The molecule has 0 radical (unpaired) electrons. The van der Waals surface area contributed by atoms with Gasteiger partial charge in [-0.15, -0.1) is 0 Å². The van der Waals surface area contributed by atoms with Crippen LogP contribution < -0.4 is 15.4 Å². The Balaban J connectivity index is 2.88. The fourth-order valence-corrected chi connectivity index (χ4v) is 1.79. The van der Waals surface area contributed by atoms with Crippen molar-refractivity contribution in [1.82, 2.24) is 9.97 Å². The van der Waals surface area contributed by atoms with E-state index in [0.717, 1.165) is 17.6 Å². The van der Waals surface area contributed by atoms with E-state index in [1.807, 2.05) is 0 Å². The third-order valence-corrected chi connectivity index (χ3v) is 3.04. The molecule has 2 N–H and O–H groups in total. The molecular formula is C11H19BrN4O. The van der Waals surface area contributed by atoms with Crippen LogP contribution in [0.15, 0.2) is 10.7 Å². The highest BCUT2D eigenvalue weighted by Crippen LogP contribution is 2.23. The lowest BCUT2D eigenvalue weighted by atomic mass is 10.2. The first-order valence-corrected chi connectivity index (χ1v) is 6.43. The Morgan fingerprint density at radius 2 is 2.29 bits per heavy atom. The summed E-state index contributed by atoms with van der Waals surface area (Å²) in [5.74, 6) is 1.63. The van der Waals surface area contributed by atoms with Crippen molar-refractivity contribution < 1.29 is 4.74 Å². The van der Waals surface area contributed by atoms with Gasteiger partial charge in [-0.3, -0.25) is 0 Å². The predicted molar refractivity (Wildman–Crippen MR) is 72.4 cm³/mol. The SMILES string of the molecule is CCN(CC(C)CN)c1ncc(Br)c(OC)n1. The first kappa shape index (κ1) is 14.2. The number of aromatic nitrogens is 2. The van der Waals surface area contributed by atoms with E-state index >= 15 is 0 Å². The molecule has 96 valence electrons. The summed E-state index contributed by atoms with van der Waals surface area (Å²) in [6.07, 6.45) is 1.71. The van der Waals surface area contributed by atoms with Crippen molar-refractivity contribution in [2.24, 2.45) is 11.7 Å². The first-order chi connectivity index (χ1) is 8.12. The third kappa shape index (κ3) is 3.81. The number of halogens is 1. The van der Waals surface area contributed by atoms with Gasteiger partial charge >= 0.3 is 0 Å². The van der Waals surface area contributed by atoms with Gasteiger partial charge in [0.25, 0.3) is 0 Å². The quantitative estimate of drug-likeness (QED) is 0.866. The van der Waals surface area contributed by atoms with Gasteiger partial charge in [-0.1, -0.05) is 6.92 Å². The molecule has 5 nitrogen and oxygen atoms in total. The Morgan fingerprint density at radius 3 is 2.82 bits per heavy atom. The number of hydrogen-bond acceptors (Lipinski definition) is 5. The largest absolute Gasteiger partial charge is 0.480 e. The van der Waals surface area contributed by atoms with Crippen LogP contribution in [0.3, 0.4) is 0 Å². The number of ether oxygens (including phenoxy) is 1. The lowest BCUT2D eigenvalue weighted by Crippen LogP contribution is -2.32. The molecule has 0 aliphatic heterocycles. The van der Waals surface area contributed by atoms with Gasteiger partial charge < -0.3 is 15.4 Å². The summed E-state index contributed by atoms with van der Waals surface area (Å²) in [4.78, 5) is 10.7. The first-order valence-electron chi connectivity index (χ1n) is 5.63. The zero-order valence-electron chi connectivity index (χ0n) is 10.5. The normalized spacial score (nSPS) is 12.3. The molecule has 1 rings (SSSR count). The molecule has 0 spiro atoms. The molecule has 1 heterocycles. The molecule has 0 aliphatic carbocycles. The summed E-state index contributed by atoms with van der Waals surface area (Å²) in [5.41, 5.74) is 5.63. The molecular weight excluding hydrogens is 284 g/mol. The van der Waals surface area contributed by atoms with Crippen molar-refractivity contribution >= 4 is 21.9 Å². The van der Waals surface area contributed by atoms with Crippen LogP contribution >= 0.6 is 15.9 Å². The van der Waals surface area contributed by atoms with E-state index in [1.165, 1.54) is 0 Å². The Labute approximate surface area is 111 Å². The smallest absolute Gasteiger partial charge is 0.232 e. The van der Waals surface area contributed by atoms with Gasteiger partial charge in [0.15, 0.2) is 0 Å². The second-order valence-corrected chi connectivity index (χ2v) is 4.76. The van der Waals surface area contributed by atoms with Crippen LogP contribution in [0.2, 0.25) is 0 Å². The number of nitrogens with two attached hydrogens (primary N) is 1. The zero-order valence-corrected chi connectivity index (χ0v) is 12.1. The fraction of sp³-hybridized carbons (Fsp3) is 0.636. The predicted octanol–water partition coefficient (Wildman–Crippen LogP) is 1.67. The zero-order chi connectivity index (χ0) is 12.8. The lowest BCUT2D eigenvalue weighted by molar-refractivity contribution is 0.393. The standard InChI is InChI=1S/C11H19BrN4O/c1-4-16(7-8(2)5-13)11-14-6-9(12)10(15-11)17-3/h6,8H,4-5,7,13H2,1-3H3. The average Bonchev–Trinajstić information content (AvgIpc) is 2.36. The van der Waals surface area contributed by atoms with E-state index in [2.05, 4.69) is 44.6 Å². The maximum absolute atomic E-state index is 5.63. The van der Waals surface area contributed by atoms with Crippen LogP contribution in [0.1, 0.15) is 13.8 Å². The highest BCUT2D eigenvalue weighted by molar-refractivity contribution is 9.10. The van der Waals surface area contributed by atoms with Crippen molar-refractivity contribution in [3.8, 4) is 5.88 Å². The molecule has 6 heteroatoms. The van der Waals surface area contributed by atoms with Gasteiger partial charge in [0.1, 0.15) is 0 Å². The second-order valence-electron chi connectivity index (χ2n) is 3.91. The second kappa shape index (κ2) is 6.76. The fourth-order valence-electron chi connectivity index (χ4n) is 1.44. The molecule has 1 aromatic rings. The summed E-state index contributed by atoms with van der Waals surface area (Å²) < 4.78 is 5.92. The van der Waals surface area contributed by atoms with Crippen molar-refractivity contribution in [2.45, 2.75) is 13.8 Å². The Hall–Kier alpha value is -0.880. The average molecular weight is 303 g/mol. The number of nitrogens with zero attached hydrogens (tertiary/aromatic N) is 3. The van der Waals surface area contributed by atoms with Crippen molar-refractivity contribution in [2.75, 3.05) is 31.6 Å². The van der Waals surface area contributed by atoms with Crippen molar-refractivity contribution in [3.05, 3.63) is 10.7 Å². The van der Waals surface area contributed by atoms with E-state index in [9.17, 15) is 0 Å². The Kier molecular flexibility index (Phi) is 5.64. The van der Waals surface area contributed by atoms with Crippen LogP contribution in [-0.2, 0) is 0 Å². The van der Waals surface area contributed by atoms with Gasteiger partial charge in [-0.2, -0.15) is 4.98 Å². The van der Waals surface area contributed by atoms with Gasteiger partial charge in [-0.25, -0.2) is 4.98 Å². The lowest BCUT2D eigenvalue weighted by Gasteiger charge is -2.24. The molecule has 0 aromatic carbocycles. The third-order valence-electron chi connectivity index (χ3n) is 2.49. The van der Waals surface area contributed by atoms with Crippen LogP contribution in [0.25, 0.3) is 0 Å². The Bertz CT molecular complexity index is 361. The molecule has 1 unspecified atom stereocenters. The van der Waals surface area contributed by atoms with E-state index in [4.69, 9.17) is 10.5 Å². The van der Waals surface area contributed by atoms with Crippen LogP contribution in [0.5, 0.6) is 5.88 Å². The molecule has 0 fully saturated rings. The van der Waals surface area contributed by atoms with Crippen molar-refractivity contribution in [3.63, 3.8) is 0 Å². The summed E-state index contributed by atoms with van der Waals surface area (Å²) in [6, 6.07) is 0. The minimum atomic E-state index is 0.410. The number of hydrogen-bond donors (Lipinski definition) is 1. The molecule has 1 aromatic heterocycles. The molecule has 0 saturated heterocycles. The van der Waals surface area contributed by atoms with E-state index in [0.29, 0.717) is 24.3 Å². The van der Waals surface area contributed by atoms with Gasteiger partial charge in [0.05, 0.1) is 17.8 Å². The van der Waals surface area contributed by atoms with Gasteiger partial charge in [0.2, 0.25) is 11.8 Å². The molecule has 0 amide bonds. The highest BCUT2D eigenvalue weighted by Gasteiger charge is 2.13. The molecule has 1 atom stereocenters. The van der Waals surface area contributed by atoms with Gasteiger partial charge in [0, 0.05) is 13.1 Å². The molecule has 0 aliphatic rings. The molecule has 17 heavy (non-hydrogen) atoms. The maximum Gasteiger partial charge on any atom is 0.232 e. The summed E-state index contributed by atoms with van der Waals surface area (Å²) in [7, 11) is 1.59. The summed E-state index contributed by atoms with van der Waals surface area (Å²) in [6.45, 7) is 6.52.